The Morgan fingerprint density at radius 1 is 1.32 bits per heavy atom. The van der Waals surface area contributed by atoms with Gasteiger partial charge in [-0.1, -0.05) is 5.92 Å². The van der Waals surface area contributed by atoms with Crippen molar-refractivity contribution in [2.75, 3.05) is 40.4 Å². The van der Waals surface area contributed by atoms with Gasteiger partial charge < -0.3 is 20.1 Å². The monoisotopic (exact) mass is 344 g/mol. The van der Waals surface area contributed by atoms with Crippen LogP contribution in [-0.4, -0.2) is 57.3 Å². The maximum atomic E-state index is 5.35. The van der Waals surface area contributed by atoms with Crippen molar-refractivity contribution in [3.63, 3.8) is 0 Å². The molecule has 1 aliphatic rings. The molecular weight excluding hydrogens is 316 g/mol. The molecule has 1 fully saturated rings. The molecule has 2 N–H and O–H groups in total. The highest BCUT2D eigenvalue weighted by Gasteiger charge is 2.23. The highest BCUT2D eigenvalue weighted by molar-refractivity contribution is 5.80. The number of hydrogen-bond acceptors (Lipinski definition) is 4. The van der Waals surface area contributed by atoms with Crippen LogP contribution >= 0.6 is 0 Å². The molecular formula is C19H28N4O2. The summed E-state index contributed by atoms with van der Waals surface area (Å²) < 4.78 is 10.7. The Bertz CT molecular complexity index is 602. The zero-order valence-electron chi connectivity index (χ0n) is 15.3. The Morgan fingerprint density at radius 2 is 2.04 bits per heavy atom. The average Bonchev–Trinajstić information content (AvgIpc) is 3.06. The quantitative estimate of drug-likeness (QED) is 0.446. The molecule has 6 heteroatoms. The van der Waals surface area contributed by atoms with Crippen molar-refractivity contribution in [1.29, 1.82) is 0 Å². The van der Waals surface area contributed by atoms with Crippen LogP contribution in [0.3, 0.4) is 0 Å². The predicted molar refractivity (Wildman–Crippen MR) is 101 cm³/mol. The van der Waals surface area contributed by atoms with Crippen molar-refractivity contribution in [3.05, 3.63) is 23.8 Å². The fourth-order valence-corrected chi connectivity index (χ4v) is 2.95. The number of guanidine groups is 1. The largest absolute Gasteiger partial charge is 0.497 e. The number of hydrogen-bond donors (Lipinski definition) is 2. The average molecular weight is 344 g/mol. The van der Waals surface area contributed by atoms with Gasteiger partial charge in [0.15, 0.2) is 5.96 Å². The molecule has 0 radical (unpaired) electrons. The summed E-state index contributed by atoms with van der Waals surface area (Å²) in [7, 11) is 3.35. The van der Waals surface area contributed by atoms with Crippen LogP contribution in [-0.2, 0) is 6.54 Å². The molecule has 2 rings (SSSR count). The number of nitrogens with zero attached hydrogens (tertiary/aromatic N) is 2. The summed E-state index contributed by atoms with van der Waals surface area (Å²) in [4.78, 5) is 6.77. The number of rotatable bonds is 7. The molecule has 1 aromatic rings. The van der Waals surface area contributed by atoms with Gasteiger partial charge in [0.05, 0.1) is 14.2 Å². The molecule has 1 unspecified atom stereocenters. The van der Waals surface area contributed by atoms with E-state index in [1.807, 2.05) is 13.0 Å². The van der Waals surface area contributed by atoms with E-state index in [4.69, 9.17) is 15.9 Å². The van der Waals surface area contributed by atoms with Crippen molar-refractivity contribution in [2.45, 2.75) is 25.9 Å². The maximum Gasteiger partial charge on any atom is 0.192 e. The minimum absolute atomic E-state index is 0.364. The van der Waals surface area contributed by atoms with Crippen LogP contribution in [0.15, 0.2) is 23.2 Å². The summed E-state index contributed by atoms with van der Waals surface area (Å²) in [5, 5.41) is 6.70. The van der Waals surface area contributed by atoms with Gasteiger partial charge in [0.25, 0.3) is 0 Å². The third-order valence-electron chi connectivity index (χ3n) is 4.10. The second-order valence-electron chi connectivity index (χ2n) is 5.99. The van der Waals surface area contributed by atoms with E-state index in [1.54, 1.807) is 14.2 Å². The molecule has 1 aromatic carbocycles. The number of ether oxygens (including phenoxy) is 2. The highest BCUT2D eigenvalue weighted by atomic mass is 16.5. The van der Waals surface area contributed by atoms with E-state index in [9.17, 15) is 0 Å². The van der Waals surface area contributed by atoms with E-state index in [0.717, 1.165) is 50.1 Å². The maximum absolute atomic E-state index is 5.35. The van der Waals surface area contributed by atoms with Gasteiger partial charge in [-0.05, 0) is 31.0 Å². The molecule has 0 bridgehead atoms. The van der Waals surface area contributed by atoms with Crippen LogP contribution in [0.2, 0.25) is 0 Å². The van der Waals surface area contributed by atoms with E-state index in [0.29, 0.717) is 12.6 Å². The lowest BCUT2D eigenvalue weighted by molar-refractivity contribution is 0.321. The van der Waals surface area contributed by atoms with Crippen molar-refractivity contribution >= 4 is 5.96 Å². The first-order chi connectivity index (χ1) is 12.2. The van der Waals surface area contributed by atoms with Crippen LogP contribution in [0.1, 0.15) is 18.9 Å². The van der Waals surface area contributed by atoms with Gasteiger partial charge in [-0.2, -0.15) is 0 Å². The number of methoxy groups -OCH3 is 2. The smallest absolute Gasteiger partial charge is 0.192 e. The van der Waals surface area contributed by atoms with Crippen LogP contribution in [0.5, 0.6) is 11.5 Å². The Morgan fingerprint density at radius 3 is 2.64 bits per heavy atom. The third-order valence-corrected chi connectivity index (χ3v) is 4.10. The van der Waals surface area contributed by atoms with Crippen molar-refractivity contribution < 1.29 is 9.47 Å². The zero-order valence-corrected chi connectivity index (χ0v) is 15.3. The summed E-state index contributed by atoms with van der Waals surface area (Å²) in [6.45, 7) is 6.10. The molecule has 1 atom stereocenters. The number of nitrogens with one attached hydrogen (secondary N) is 2. The van der Waals surface area contributed by atoms with Crippen molar-refractivity contribution in [3.8, 4) is 23.8 Å². The van der Waals surface area contributed by atoms with Crippen LogP contribution in [0, 0.1) is 12.3 Å². The lowest BCUT2D eigenvalue weighted by Gasteiger charge is -2.19. The normalized spacial score (nSPS) is 17.8. The molecule has 0 aromatic heterocycles. The first kappa shape index (κ1) is 18.9. The molecule has 0 aliphatic carbocycles. The SMILES string of the molecule is C#CCN=C(NCC)NC1CCN(Cc2cc(OC)cc(OC)c2)C1. The Balaban J connectivity index is 1.93. The third kappa shape index (κ3) is 5.87. The number of terminal acetylenes is 1. The summed E-state index contributed by atoms with van der Waals surface area (Å²) in [6.07, 6.45) is 6.37. The molecule has 0 spiro atoms. The molecule has 0 saturated carbocycles. The van der Waals surface area contributed by atoms with Gasteiger partial charge in [-0.25, -0.2) is 4.99 Å². The minimum atomic E-state index is 0.364. The summed E-state index contributed by atoms with van der Waals surface area (Å²) in [6, 6.07) is 6.37. The summed E-state index contributed by atoms with van der Waals surface area (Å²) in [5.74, 6) is 4.97. The second kappa shape index (κ2) is 9.80. The topological polar surface area (TPSA) is 58.1 Å². The number of aliphatic imine (C=N–C) groups is 1. The molecule has 25 heavy (non-hydrogen) atoms. The first-order valence-corrected chi connectivity index (χ1v) is 8.61. The van der Waals surface area contributed by atoms with E-state index in [1.165, 1.54) is 5.56 Å². The van der Waals surface area contributed by atoms with E-state index < -0.39 is 0 Å². The molecule has 1 aliphatic heterocycles. The number of benzene rings is 1. The minimum Gasteiger partial charge on any atom is -0.497 e. The molecule has 1 saturated heterocycles. The van der Waals surface area contributed by atoms with Gasteiger partial charge in [0.1, 0.15) is 18.0 Å². The Labute approximate surface area is 150 Å². The van der Waals surface area contributed by atoms with Crippen LogP contribution in [0.25, 0.3) is 0 Å². The first-order valence-electron chi connectivity index (χ1n) is 8.61. The van der Waals surface area contributed by atoms with Gasteiger partial charge in [0.2, 0.25) is 0 Å². The Kier molecular flexibility index (Phi) is 7.42. The van der Waals surface area contributed by atoms with Crippen molar-refractivity contribution in [2.24, 2.45) is 4.99 Å². The van der Waals surface area contributed by atoms with Gasteiger partial charge >= 0.3 is 0 Å². The van der Waals surface area contributed by atoms with Gasteiger partial charge in [-0.15, -0.1) is 6.42 Å². The Hall–Kier alpha value is -2.39. The van der Waals surface area contributed by atoms with Gasteiger partial charge in [0, 0.05) is 38.3 Å². The summed E-state index contributed by atoms with van der Waals surface area (Å²) in [5.41, 5.74) is 1.18. The lowest BCUT2D eigenvalue weighted by Crippen LogP contribution is -2.44. The standard InChI is InChI=1S/C19H28N4O2/c1-5-8-21-19(20-6-2)22-16-7-9-23(14-16)13-15-10-17(24-3)12-18(11-15)25-4/h1,10-12,16H,6-9,13-14H2,2-4H3,(H2,20,21,22). The number of likely N-dealkylation sites (tertiary alicyclic amines) is 1. The van der Waals surface area contributed by atoms with Crippen LogP contribution in [0.4, 0.5) is 0 Å². The van der Waals surface area contributed by atoms with E-state index in [-0.39, 0.29) is 0 Å². The summed E-state index contributed by atoms with van der Waals surface area (Å²) >= 11 is 0. The molecule has 6 nitrogen and oxygen atoms in total. The molecule has 0 amide bonds. The van der Waals surface area contributed by atoms with Crippen molar-refractivity contribution in [1.82, 2.24) is 15.5 Å². The predicted octanol–water partition coefficient (Wildman–Crippen LogP) is 1.47. The fraction of sp³-hybridized carbons (Fsp3) is 0.526. The highest BCUT2D eigenvalue weighted by Crippen LogP contribution is 2.24. The second-order valence-corrected chi connectivity index (χ2v) is 5.99. The fourth-order valence-electron chi connectivity index (χ4n) is 2.95. The van der Waals surface area contributed by atoms with Gasteiger partial charge in [-0.3, -0.25) is 4.90 Å². The zero-order chi connectivity index (χ0) is 18.1. The van der Waals surface area contributed by atoms with Crippen LogP contribution < -0.4 is 20.1 Å². The molecule has 1 heterocycles. The van der Waals surface area contributed by atoms with E-state index in [2.05, 4.69) is 38.6 Å². The van der Waals surface area contributed by atoms with E-state index >= 15 is 0 Å². The molecule has 136 valence electrons. The lowest BCUT2D eigenvalue weighted by atomic mass is 10.2.